The van der Waals surface area contributed by atoms with Crippen LogP contribution in [0.2, 0.25) is 0 Å². The first-order valence-electron chi connectivity index (χ1n) is 5.50. The number of hydrogen-bond donors (Lipinski definition) is 1. The van der Waals surface area contributed by atoms with Crippen LogP contribution >= 0.6 is 0 Å². The van der Waals surface area contributed by atoms with Crippen LogP contribution in [0.4, 0.5) is 0 Å². The molecule has 1 atom stereocenters. The molecule has 0 bridgehead atoms. The lowest BCUT2D eigenvalue weighted by atomic mass is 9.97. The second kappa shape index (κ2) is 5.36. The summed E-state index contributed by atoms with van der Waals surface area (Å²) in [4.78, 5) is 11.5. The lowest BCUT2D eigenvalue weighted by molar-refractivity contribution is -0.156. The molecule has 16 heavy (non-hydrogen) atoms. The highest BCUT2D eigenvalue weighted by Gasteiger charge is 2.21. The predicted octanol–water partition coefficient (Wildman–Crippen LogP) is 2.09. The summed E-state index contributed by atoms with van der Waals surface area (Å²) in [5.74, 6) is 5.56. The van der Waals surface area contributed by atoms with Gasteiger partial charge in [-0.15, -0.1) is 5.92 Å². The number of nitrogens with two attached hydrogens (primary N) is 1. The quantitative estimate of drug-likeness (QED) is 0.578. The third-order valence-corrected chi connectivity index (χ3v) is 1.49. The fourth-order valence-corrected chi connectivity index (χ4v) is 0.887. The number of ether oxygens (including phenoxy) is 1. The van der Waals surface area contributed by atoms with E-state index in [4.69, 9.17) is 10.5 Å². The largest absolute Gasteiger partial charge is 0.459 e. The van der Waals surface area contributed by atoms with Crippen LogP contribution in [0.25, 0.3) is 0 Å². The highest BCUT2D eigenvalue weighted by Crippen LogP contribution is 2.11. The molecule has 0 aliphatic heterocycles. The molecule has 0 saturated carbocycles. The molecule has 0 saturated heterocycles. The molecule has 0 spiro atoms. The molecule has 92 valence electrons. The highest BCUT2D eigenvalue weighted by atomic mass is 16.6. The van der Waals surface area contributed by atoms with E-state index in [0.717, 1.165) is 0 Å². The Morgan fingerprint density at radius 2 is 1.75 bits per heavy atom. The topological polar surface area (TPSA) is 52.3 Å². The van der Waals surface area contributed by atoms with Crippen LogP contribution in [-0.2, 0) is 9.53 Å². The van der Waals surface area contributed by atoms with Crippen molar-refractivity contribution in [2.24, 2.45) is 11.1 Å². The highest BCUT2D eigenvalue weighted by molar-refractivity contribution is 5.76. The third kappa shape index (κ3) is 8.31. The first kappa shape index (κ1) is 15.0. The molecule has 3 heteroatoms. The van der Waals surface area contributed by atoms with Crippen LogP contribution in [-0.4, -0.2) is 17.6 Å². The number of carbonyl (C=O) groups is 1. The second-order valence-corrected chi connectivity index (χ2v) is 5.90. The van der Waals surface area contributed by atoms with Crippen molar-refractivity contribution in [3.05, 3.63) is 0 Å². The zero-order chi connectivity index (χ0) is 13.0. The Hall–Kier alpha value is -1.01. The Bertz CT molecular complexity index is 297. The molecular weight excluding hydrogens is 202 g/mol. The molecular formula is C13H23NO2. The monoisotopic (exact) mass is 225 g/mol. The van der Waals surface area contributed by atoms with Crippen molar-refractivity contribution in [1.82, 2.24) is 0 Å². The molecule has 0 unspecified atom stereocenters. The molecule has 0 aromatic carbocycles. The zero-order valence-electron chi connectivity index (χ0n) is 11.2. The number of carbonyl (C=O) groups excluding carboxylic acids is 1. The minimum atomic E-state index is -0.658. The molecule has 0 rings (SSSR count). The first-order chi connectivity index (χ1) is 7.01. The average molecular weight is 225 g/mol. The number of rotatable bonds is 2. The average Bonchev–Trinajstić information content (AvgIpc) is 1.98. The zero-order valence-corrected chi connectivity index (χ0v) is 11.2. The fourth-order valence-electron chi connectivity index (χ4n) is 0.887. The van der Waals surface area contributed by atoms with E-state index in [2.05, 4.69) is 11.8 Å². The summed E-state index contributed by atoms with van der Waals surface area (Å²) >= 11 is 0. The van der Waals surface area contributed by atoms with Crippen LogP contribution in [0.1, 0.15) is 48.0 Å². The standard InChI is InChI=1S/C13H23NO2/c1-12(2,3)9-7-8-10(14)11(15)16-13(4,5)6/h10H,8,14H2,1-6H3/t10-/m0/s1. The van der Waals surface area contributed by atoms with Gasteiger partial charge in [0.15, 0.2) is 0 Å². The van der Waals surface area contributed by atoms with Crippen LogP contribution in [0.5, 0.6) is 0 Å². The van der Waals surface area contributed by atoms with Gasteiger partial charge in [0.2, 0.25) is 0 Å². The Kier molecular flexibility index (Phi) is 5.02. The Morgan fingerprint density at radius 3 is 2.12 bits per heavy atom. The lowest BCUT2D eigenvalue weighted by Gasteiger charge is -2.21. The fraction of sp³-hybridized carbons (Fsp3) is 0.769. The Balaban J connectivity index is 4.21. The van der Waals surface area contributed by atoms with Crippen molar-refractivity contribution in [2.45, 2.75) is 59.6 Å². The number of esters is 1. The van der Waals surface area contributed by atoms with Gasteiger partial charge in [-0.3, -0.25) is 4.79 Å². The van der Waals surface area contributed by atoms with E-state index in [9.17, 15) is 4.79 Å². The maximum atomic E-state index is 11.5. The maximum Gasteiger partial charge on any atom is 0.324 e. The summed E-state index contributed by atoms with van der Waals surface area (Å²) in [6.45, 7) is 11.5. The van der Waals surface area contributed by atoms with E-state index in [1.54, 1.807) is 0 Å². The first-order valence-corrected chi connectivity index (χ1v) is 5.50. The summed E-state index contributed by atoms with van der Waals surface area (Å²) < 4.78 is 5.15. The normalized spacial score (nSPS) is 13.7. The second-order valence-electron chi connectivity index (χ2n) is 5.90. The van der Waals surface area contributed by atoms with Crippen molar-refractivity contribution < 1.29 is 9.53 Å². The summed E-state index contributed by atoms with van der Waals surface area (Å²) in [5.41, 5.74) is 5.12. The van der Waals surface area contributed by atoms with Gasteiger partial charge in [-0.2, -0.15) is 0 Å². The molecule has 0 aliphatic rings. The minimum Gasteiger partial charge on any atom is -0.459 e. The van der Waals surface area contributed by atoms with Crippen LogP contribution in [0.15, 0.2) is 0 Å². The van der Waals surface area contributed by atoms with Gasteiger partial charge < -0.3 is 10.5 Å². The molecule has 0 amide bonds. The van der Waals surface area contributed by atoms with Gasteiger partial charge in [-0.05, 0) is 41.5 Å². The van der Waals surface area contributed by atoms with Gasteiger partial charge in [-0.1, -0.05) is 5.92 Å². The van der Waals surface area contributed by atoms with Crippen molar-refractivity contribution in [2.75, 3.05) is 0 Å². The molecule has 0 aromatic heterocycles. The summed E-state index contributed by atoms with van der Waals surface area (Å²) in [6, 6.07) is -0.658. The van der Waals surface area contributed by atoms with Gasteiger partial charge in [0.25, 0.3) is 0 Å². The lowest BCUT2D eigenvalue weighted by Crippen LogP contribution is -2.37. The molecule has 3 nitrogen and oxygen atoms in total. The van der Waals surface area contributed by atoms with E-state index in [0.29, 0.717) is 6.42 Å². The SMILES string of the molecule is CC(C)(C)C#CC[C@H](N)C(=O)OC(C)(C)C. The van der Waals surface area contributed by atoms with Crippen molar-refractivity contribution in [3.8, 4) is 11.8 Å². The maximum absolute atomic E-state index is 11.5. The molecule has 0 heterocycles. The Morgan fingerprint density at radius 1 is 1.25 bits per heavy atom. The van der Waals surface area contributed by atoms with Crippen molar-refractivity contribution in [3.63, 3.8) is 0 Å². The molecule has 0 radical (unpaired) electrons. The van der Waals surface area contributed by atoms with Crippen LogP contribution in [0, 0.1) is 17.3 Å². The minimum absolute atomic E-state index is 0.0619. The summed E-state index contributed by atoms with van der Waals surface area (Å²) in [7, 11) is 0. The van der Waals surface area contributed by atoms with Gasteiger partial charge >= 0.3 is 5.97 Å². The molecule has 2 N–H and O–H groups in total. The summed E-state index contributed by atoms with van der Waals surface area (Å²) in [5, 5.41) is 0. The van der Waals surface area contributed by atoms with Crippen LogP contribution in [0.3, 0.4) is 0 Å². The van der Waals surface area contributed by atoms with Crippen LogP contribution < -0.4 is 5.73 Å². The van der Waals surface area contributed by atoms with Gasteiger partial charge in [-0.25, -0.2) is 0 Å². The van der Waals surface area contributed by atoms with E-state index in [1.165, 1.54) is 0 Å². The van der Waals surface area contributed by atoms with E-state index in [-0.39, 0.29) is 5.41 Å². The van der Waals surface area contributed by atoms with E-state index >= 15 is 0 Å². The molecule has 0 fully saturated rings. The van der Waals surface area contributed by atoms with E-state index in [1.807, 2.05) is 41.5 Å². The van der Waals surface area contributed by atoms with Crippen molar-refractivity contribution >= 4 is 5.97 Å². The molecule has 0 aromatic rings. The van der Waals surface area contributed by atoms with Gasteiger partial charge in [0, 0.05) is 11.8 Å². The predicted molar refractivity (Wildman–Crippen MR) is 65.7 cm³/mol. The molecule has 0 aliphatic carbocycles. The van der Waals surface area contributed by atoms with Gasteiger partial charge in [0.1, 0.15) is 11.6 Å². The van der Waals surface area contributed by atoms with Gasteiger partial charge in [0.05, 0.1) is 0 Å². The summed E-state index contributed by atoms with van der Waals surface area (Å²) in [6.07, 6.45) is 0.339. The number of hydrogen-bond acceptors (Lipinski definition) is 3. The third-order valence-electron chi connectivity index (χ3n) is 1.49. The van der Waals surface area contributed by atoms with Crippen molar-refractivity contribution in [1.29, 1.82) is 0 Å². The smallest absolute Gasteiger partial charge is 0.324 e. The Labute approximate surface area is 98.7 Å². The van der Waals surface area contributed by atoms with E-state index < -0.39 is 17.6 Å².